The van der Waals surface area contributed by atoms with Crippen LogP contribution in [0, 0.1) is 0 Å². The summed E-state index contributed by atoms with van der Waals surface area (Å²) in [6, 6.07) is 0.587. The van der Waals surface area contributed by atoms with Crippen LogP contribution in [0.1, 0.15) is 32.6 Å². The van der Waals surface area contributed by atoms with Gasteiger partial charge in [-0.15, -0.1) is 0 Å². The van der Waals surface area contributed by atoms with E-state index >= 15 is 0 Å². The Morgan fingerprint density at radius 3 is 2.74 bits per heavy atom. The van der Waals surface area contributed by atoms with Gasteiger partial charge in [0.05, 0.1) is 12.1 Å². The molecule has 2 aliphatic heterocycles. The standard InChI is InChI=1S/C14H27N3O2/c1-11(18)10-16(2)14(19)13-4-3-9-17(13)12-5-7-15-8-6-12/h11-13,15,18H,3-10H2,1-2H3. The number of hydrogen-bond donors (Lipinski definition) is 2. The molecule has 1 amide bonds. The van der Waals surface area contributed by atoms with Gasteiger partial charge in [0.15, 0.2) is 0 Å². The summed E-state index contributed by atoms with van der Waals surface area (Å²) >= 11 is 0. The minimum Gasteiger partial charge on any atom is -0.392 e. The van der Waals surface area contributed by atoms with Crippen LogP contribution in [0.5, 0.6) is 0 Å². The first-order chi connectivity index (χ1) is 9.09. The van der Waals surface area contributed by atoms with E-state index in [4.69, 9.17) is 0 Å². The van der Waals surface area contributed by atoms with E-state index in [1.54, 1.807) is 18.9 Å². The zero-order chi connectivity index (χ0) is 13.8. The number of likely N-dealkylation sites (tertiary alicyclic amines) is 1. The zero-order valence-electron chi connectivity index (χ0n) is 12.1. The molecule has 0 aromatic rings. The number of nitrogens with zero attached hydrogens (tertiary/aromatic N) is 2. The average molecular weight is 269 g/mol. The third-order valence-corrected chi connectivity index (χ3v) is 4.27. The number of amides is 1. The number of nitrogens with one attached hydrogen (secondary N) is 1. The van der Waals surface area contributed by atoms with Gasteiger partial charge in [0.1, 0.15) is 0 Å². The molecule has 5 heteroatoms. The maximum Gasteiger partial charge on any atom is 0.239 e. The van der Waals surface area contributed by atoms with E-state index in [1.165, 1.54) is 0 Å². The van der Waals surface area contributed by atoms with Gasteiger partial charge in [-0.3, -0.25) is 9.69 Å². The number of rotatable bonds is 4. The maximum absolute atomic E-state index is 12.5. The molecule has 2 unspecified atom stereocenters. The summed E-state index contributed by atoms with van der Waals surface area (Å²) in [6.07, 6.45) is 3.91. The highest BCUT2D eigenvalue weighted by Crippen LogP contribution is 2.25. The van der Waals surface area contributed by atoms with Crippen molar-refractivity contribution in [3.63, 3.8) is 0 Å². The highest BCUT2D eigenvalue weighted by Gasteiger charge is 2.37. The van der Waals surface area contributed by atoms with Gasteiger partial charge < -0.3 is 15.3 Å². The molecule has 0 bridgehead atoms. The molecule has 2 heterocycles. The molecule has 2 saturated heterocycles. The molecule has 2 atom stereocenters. The van der Waals surface area contributed by atoms with Crippen LogP contribution < -0.4 is 5.32 Å². The Bertz CT molecular complexity index is 303. The molecule has 2 aliphatic rings. The van der Waals surface area contributed by atoms with Crippen molar-refractivity contribution >= 4 is 5.91 Å². The summed E-state index contributed by atoms with van der Waals surface area (Å²) in [6.45, 7) is 5.32. The SMILES string of the molecule is CC(O)CN(C)C(=O)C1CCCN1C1CCNCC1. The normalized spacial score (nSPS) is 27.4. The van der Waals surface area contributed by atoms with Crippen LogP contribution in [0.2, 0.25) is 0 Å². The van der Waals surface area contributed by atoms with Crippen molar-refractivity contribution in [1.29, 1.82) is 0 Å². The number of carbonyl (C=O) groups excluding carboxylic acids is 1. The van der Waals surface area contributed by atoms with Crippen LogP contribution in [-0.4, -0.2) is 72.2 Å². The number of carbonyl (C=O) groups is 1. The molecule has 0 aliphatic carbocycles. The molecule has 110 valence electrons. The van der Waals surface area contributed by atoms with E-state index < -0.39 is 6.10 Å². The van der Waals surface area contributed by atoms with E-state index in [0.717, 1.165) is 45.3 Å². The Hall–Kier alpha value is -0.650. The average Bonchev–Trinajstić information content (AvgIpc) is 2.87. The second kappa shape index (κ2) is 6.68. The van der Waals surface area contributed by atoms with Crippen molar-refractivity contribution in [2.45, 2.75) is 50.8 Å². The fourth-order valence-corrected chi connectivity index (χ4v) is 3.37. The van der Waals surface area contributed by atoms with Gasteiger partial charge in [0.2, 0.25) is 5.91 Å². The number of likely N-dealkylation sites (N-methyl/N-ethyl adjacent to an activating group) is 1. The Balaban J connectivity index is 1.95. The smallest absolute Gasteiger partial charge is 0.239 e. The van der Waals surface area contributed by atoms with Gasteiger partial charge in [-0.2, -0.15) is 0 Å². The minimum atomic E-state index is -0.456. The lowest BCUT2D eigenvalue weighted by atomic mass is 10.0. The second-order valence-corrected chi connectivity index (χ2v) is 5.94. The van der Waals surface area contributed by atoms with Crippen molar-refractivity contribution in [2.24, 2.45) is 0 Å². The Labute approximate surface area is 115 Å². The van der Waals surface area contributed by atoms with Crippen LogP contribution in [0.25, 0.3) is 0 Å². The van der Waals surface area contributed by atoms with Crippen LogP contribution in [0.3, 0.4) is 0 Å². The van der Waals surface area contributed by atoms with Gasteiger partial charge >= 0.3 is 0 Å². The van der Waals surface area contributed by atoms with Crippen molar-refractivity contribution < 1.29 is 9.90 Å². The molecule has 0 aromatic carbocycles. The predicted molar refractivity (Wildman–Crippen MR) is 74.9 cm³/mol. The summed E-state index contributed by atoms with van der Waals surface area (Å²) in [5.41, 5.74) is 0. The molecular formula is C14H27N3O2. The van der Waals surface area contributed by atoms with E-state index in [9.17, 15) is 9.90 Å². The van der Waals surface area contributed by atoms with Crippen LogP contribution in [0.15, 0.2) is 0 Å². The van der Waals surface area contributed by atoms with Crippen molar-refractivity contribution in [2.75, 3.05) is 33.2 Å². The molecular weight excluding hydrogens is 242 g/mol. The summed E-state index contributed by atoms with van der Waals surface area (Å²) in [4.78, 5) is 16.6. The van der Waals surface area contributed by atoms with Gasteiger partial charge in [-0.1, -0.05) is 0 Å². The summed E-state index contributed by atoms with van der Waals surface area (Å²) in [7, 11) is 1.80. The first-order valence-electron chi connectivity index (χ1n) is 7.49. The van der Waals surface area contributed by atoms with Gasteiger partial charge in [0, 0.05) is 19.6 Å². The fourth-order valence-electron chi connectivity index (χ4n) is 3.37. The third-order valence-electron chi connectivity index (χ3n) is 4.27. The predicted octanol–water partition coefficient (Wildman–Crippen LogP) is 0.0420. The van der Waals surface area contributed by atoms with Gasteiger partial charge in [0.25, 0.3) is 0 Å². The van der Waals surface area contributed by atoms with E-state index in [2.05, 4.69) is 10.2 Å². The summed E-state index contributed by atoms with van der Waals surface area (Å²) < 4.78 is 0. The second-order valence-electron chi connectivity index (χ2n) is 5.94. The molecule has 2 N–H and O–H groups in total. The number of hydrogen-bond acceptors (Lipinski definition) is 4. The molecule has 2 fully saturated rings. The Kier molecular flexibility index (Phi) is 5.19. The lowest BCUT2D eigenvalue weighted by Crippen LogP contribution is -2.51. The summed E-state index contributed by atoms with van der Waals surface area (Å²) in [5.74, 6) is 0.178. The highest BCUT2D eigenvalue weighted by atomic mass is 16.3. The lowest BCUT2D eigenvalue weighted by Gasteiger charge is -2.36. The molecule has 0 saturated carbocycles. The fraction of sp³-hybridized carbons (Fsp3) is 0.929. The topological polar surface area (TPSA) is 55.8 Å². The third kappa shape index (κ3) is 3.68. The summed E-state index contributed by atoms with van der Waals surface area (Å²) in [5, 5.41) is 12.8. The minimum absolute atomic E-state index is 0.0341. The molecule has 0 radical (unpaired) electrons. The highest BCUT2D eigenvalue weighted by molar-refractivity contribution is 5.82. The molecule has 0 spiro atoms. The Morgan fingerprint density at radius 1 is 1.42 bits per heavy atom. The zero-order valence-corrected chi connectivity index (χ0v) is 12.1. The quantitative estimate of drug-likeness (QED) is 0.757. The van der Waals surface area contributed by atoms with Crippen LogP contribution in [-0.2, 0) is 4.79 Å². The first kappa shape index (κ1) is 14.8. The number of piperidine rings is 1. The lowest BCUT2D eigenvalue weighted by molar-refractivity contribution is -0.136. The van der Waals surface area contributed by atoms with Gasteiger partial charge in [-0.25, -0.2) is 0 Å². The largest absolute Gasteiger partial charge is 0.392 e. The molecule has 0 aromatic heterocycles. The number of aliphatic hydroxyl groups is 1. The van der Waals surface area contributed by atoms with Crippen LogP contribution in [0.4, 0.5) is 0 Å². The molecule has 2 rings (SSSR count). The molecule has 5 nitrogen and oxygen atoms in total. The van der Waals surface area contributed by atoms with E-state index in [0.29, 0.717) is 12.6 Å². The monoisotopic (exact) mass is 269 g/mol. The van der Waals surface area contributed by atoms with Crippen molar-refractivity contribution in [1.82, 2.24) is 15.1 Å². The Morgan fingerprint density at radius 2 is 2.11 bits per heavy atom. The van der Waals surface area contributed by atoms with E-state index in [1.807, 2.05) is 0 Å². The first-order valence-corrected chi connectivity index (χ1v) is 7.49. The van der Waals surface area contributed by atoms with Crippen LogP contribution >= 0.6 is 0 Å². The van der Waals surface area contributed by atoms with Gasteiger partial charge in [-0.05, 0) is 52.2 Å². The maximum atomic E-state index is 12.5. The van der Waals surface area contributed by atoms with Crippen molar-refractivity contribution in [3.05, 3.63) is 0 Å². The van der Waals surface area contributed by atoms with E-state index in [-0.39, 0.29) is 11.9 Å². The van der Waals surface area contributed by atoms with Crippen molar-refractivity contribution in [3.8, 4) is 0 Å². The number of aliphatic hydroxyl groups excluding tert-OH is 1. The molecule has 19 heavy (non-hydrogen) atoms.